The fourth-order valence-corrected chi connectivity index (χ4v) is 2.91. The number of unbranched alkanes of at least 4 members (excludes halogenated alkanes) is 1. The van der Waals surface area contributed by atoms with Gasteiger partial charge in [0.15, 0.2) is 6.61 Å². The van der Waals surface area contributed by atoms with Gasteiger partial charge < -0.3 is 9.47 Å². The Kier molecular flexibility index (Phi) is 8.88. The van der Waals surface area contributed by atoms with E-state index >= 15 is 0 Å². The van der Waals surface area contributed by atoms with Crippen LogP contribution in [0, 0.1) is 0 Å². The quantitative estimate of drug-likeness (QED) is 0.269. The van der Waals surface area contributed by atoms with Crippen LogP contribution in [0.1, 0.15) is 58.3 Å². The van der Waals surface area contributed by atoms with E-state index in [1.165, 1.54) is 0 Å². The minimum Gasteiger partial charge on any atom is -0.457 e. The summed E-state index contributed by atoms with van der Waals surface area (Å²) < 4.78 is 39.6. The molecular weight excluding hydrogens is 350 g/mol. The Morgan fingerprint density at radius 3 is 2.50 bits per heavy atom. The molecule has 1 rings (SSSR count). The molecule has 7 nitrogen and oxygen atoms in total. The van der Waals surface area contributed by atoms with Crippen molar-refractivity contribution in [3.05, 3.63) is 0 Å². The van der Waals surface area contributed by atoms with E-state index in [1.807, 2.05) is 6.92 Å². The molecule has 0 amide bonds. The number of rotatable bonds is 10. The molecule has 1 N–H and O–H groups in total. The molecule has 0 aromatic carbocycles. The monoisotopic (exact) mass is 372 g/mol. The van der Waals surface area contributed by atoms with Crippen molar-refractivity contribution in [1.29, 1.82) is 0 Å². The summed E-state index contributed by atoms with van der Waals surface area (Å²) in [5, 5.41) is 6.67. The SMILES string of the molecule is CCCCC1(OC(=O)COC(=O)C(F)(F)SOOO)CCCCC1. The van der Waals surface area contributed by atoms with Gasteiger partial charge in [-0.2, -0.15) is 8.78 Å². The van der Waals surface area contributed by atoms with Crippen molar-refractivity contribution < 1.29 is 42.5 Å². The number of hydrogen-bond acceptors (Lipinski definition) is 8. The molecule has 0 aromatic rings. The molecule has 0 unspecified atom stereocenters. The summed E-state index contributed by atoms with van der Waals surface area (Å²) in [5.74, 6) is -2.85. The van der Waals surface area contributed by atoms with Gasteiger partial charge >= 0.3 is 17.2 Å². The number of carbonyl (C=O) groups is 2. The Balaban J connectivity index is 2.49. The maximum atomic E-state index is 13.2. The minimum atomic E-state index is -4.13. The van der Waals surface area contributed by atoms with Crippen molar-refractivity contribution in [3.63, 3.8) is 0 Å². The summed E-state index contributed by atoms with van der Waals surface area (Å²) in [6, 6.07) is 0. The van der Waals surface area contributed by atoms with Crippen LogP contribution in [-0.2, 0) is 28.4 Å². The van der Waals surface area contributed by atoms with Gasteiger partial charge in [-0.3, -0.25) is 0 Å². The van der Waals surface area contributed by atoms with E-state index < -0.39 is 41.4 Å². The van der Waals surface area contributed by atoms with Crippen molar-refractivity contribution in [2.24, 2.45) is 0 Å². The van der Waals surface area contributed by atoms with Crippen LogP contribution in [0.5, 0.6) is 0 Å². The van der Waals surface area contributed by atoms with Crippen molar-refractivity contribution in [3.8, 4) is 0 Å². The maximum absolute atomic E-state index is 13.2. The number of hydrogen-bond donors (Lipinski definition) is 1. The highest BCUT2D eigenvalue weighted by atomic mass is 32.2. The van der Waals surface area contributed by atoms with Crippen LogP contribution in [0.3, 0.4) is 0 Å². The predicted octanol–water partition coefficient (Wildman–Crippen LogP) is 3.63. The van der Waals surface area contributed by atoms with E-state index in [9.17, 15) is 18.4 Å². The van der Waals surface area contributed by atoms with Gasteiger partial charge in [0.1, 0.15) is 17.6 Å². The first-order chi connectivity index (χ1) is 11.4. The molecule has 0 bridgehead atoms. The number of esters is 2. The molecular formula is C14H22F2O7S. The zero-order chi connectivity index (χ0) is 18.1. The van der Waals surface area contributed by atoms with Crippen molar-refractivity contribution in [2.45, 2.75) is 69.1 Å². The highest BCUT2D eigenvalue weighted by Crippen LogP contribution is 2.36. The van der Waals surface area contributed by atoms with E-state index in [0.717, 1.165) is 44.9 Å². The predicted molar refractivity (Wildman–Crippen MR) is 79.7 cm³/mol. The standard InChI is InChI=1S/C14H22F2O7S/c1-2-3-7-13(8-5-4-6-9-13)21-11(17)10-20-12(18)14(15,16)24-23-22-19/h19H,2-10H2,1H3. The summed E-state index contributed by atoms with van der Waals surface area (Å²) in [4.78, 5) is 23.1. The lowest BCUT2D eigenvalue weighted by Crippen LogP contribution is -2.39. The van der Waals surface area contributed by atoms with E-state index in [4.69, 9.17) is 9.99 Å². The molecule has 0 aliphatic heterocycles. The Morgan fingerprint density at radius 1 is 1.25 bits per heavy atom. The molecule has 1 aliphatic carbocycles. The average Bonchev–Trinajstić information content (AvgIpc) is 2.57. The third kappa shape index (κ3) is 6.88. The lowest BCUT2D eigenvalue weighted by atomic mass is 9.81. The molecule has 1 saturated carbocycles. The van der Waals surface area contributed by atoms with Gasteiger partial charge in [0, 0.05) is 0 Å². The highest BCUT2D eigenvalue weighted by molar-refractivity contribution is 7.96. The lowest BCUT2D eigenvalue weighted by Gasteiger charge is -2.36. The number of ether oxygens (including phenoxy) is 2. The Labute approximate surface area is 143 Å². The van der Waals surface area contributed by atoms with Crippen molar-refractivity contribution >= 4 is 24.0 Å². The summed E-state index contributed by atoms with van der Waals surface area (Å²) in [7, 11) is 0. The minimum absolute atomic E-state index is 0.594. The normalized spacial score (nSPS) is 17.3. The summed E-state index contributed by atoms with van der Waals surface area (Å²) in [5.41, 5.74) is -0.594. The van der Waals surface area contributed by atoms with Gasteiger partial charge in [0.2, 0.25) is 0 Å². The van der Waals surface area contributed by atoms with Crippen LogP contribution < -0.4 is 0 Å². The second kappa shape index (κ2) is 10.1. The maximum Gasteiger partial charge on any atom is 0.415 e. The summed E-state index contributed by atoms with van der Waals surface area (Å²) in [6.45, 7) is 1.11. The fourth-order valence-electron chi connectivity index (χ4n) is 2.67. The largest absolute Gasteiger partial charge is 0.457 e. The van der Waals surface area contributed by atoms with Gasteiger partial charge in [-0.1, -0.05) is 24.8 Å². The number of halogens is 2. The highest BCUT2D eigenvalue weighted by Gasteiger charge is 2.45. The van der Waals surface area contributed by atoms with Crippen LogP contribution in [0.15, 0.2) is 0 Å². The lowest BCUT2D eigenvalue weighted by molar-refractivity contribution is -0.433. The van der Waals surface area contributed by atoms with Crippen LogP contribution in [0.4, 0.5) is 8.78 Å². The Morgan fingerprint density at radius 2 is 1.92 bits per heavy atom. The number of alkyl halides is 2. The molecule has 0 spiro atoms. The topological polar surface area (TPSA) is 91.3 Å². The average molecular weight is 372 g/mol. The first-order valence-electron chi connectivity index (χ1n) is 7.78. The smallest absolute Gasteiger partial charge is 0.415 e. The van der Waals surface area contributed by atoms with E-state index in [2.05, 4.69) is 14.1 Å². The van der Waals surface area contributed by atoms with E-state index in [0.29, 0.717) is 6.42 Å². The number of carbonyl (C=O) groups excluding carboxylic acids is 2. The second-order valence-corrected chi connectivity index (χ2v) is 6.46. The van der Waals surface area contributed by atoms with Crippen molar-refractivity contribution in [2.75, 3.05) is 6.61 Å². The Bertz CT molecular complexity index is 414. The molecule has 1 aliphatic rings. The third-order valence-corrected chi connectivity index (χ3v) is 4.31. The molecule has 10 heteroatoms. The van der Waals surface area contributed by atoms with Crippen LogP contribution in [0.25, 0.3) is 0 Å². The van der Waals surface area contributed by atoms with Gasteiger partial charge in [0.25, 0.3) is 0 Å². The summed E-state index contributed by atoms with van der Waals surface area (Å²) >= 11 is -0.748. The molecule has 0 aromatic heterocycles. The van der Waals surface area contributed by atoms with Crippen LogP contribution >= 0.6 is 12.0 Å². The molecule has 140 valence electrons. The molecule has 0 atom stereocenters. The molecule has 0 radical (unpaired) electrons. The van der Waals surface area contributed by atoms with Gasteiger partial charge in [-0.05, 0) is 38.5 Å². The van der Waals surface area contributed by atoms with Crippen LogP contribution in [0.2, 0.25) is 0 Å². The van der Waals surface area contributed by atoms with Gasteiger partial charge in [0.05, 0.1) is 0 Å². The first-order valence-corrected chi connectivity index (χ1v) is 8.52. The van der Waals surface area contributed by atoms with Crippen LogP contribution in [-0.4, -0.2) is 34.7 Å². The Hall–Kier alpha value is -0.970. The third-order valence-electron chi connectivity index (χ3n) is 3.81. The van der Waals surface area contributed by atoms with Gasteiger partial charge in [-0.15, -0.1) is 4.33 Å². The first kappa shape index (κ1) is 21.1. The molecule has 1 fully saturated rings. The van der Waals surface area contributed by atoms with Gasteiger partial charge in [-0.25, -0.2) is 14.8 Å². The van der Waals surface area contributed by atoms with E-state index in [-0.39, 0.29) is 0 Å². The zero-order valence-electron chi connectivity index (χ0n) is 13.4. The fraction of sp³-hybridized carbons (Fsp3) is 0.857. The molecule has 0 heterocycles. The summed E-state index contributed by atoms with van der Waals surface area (Å²) in [6.07, 6.45) is 6.92. The van der Waals surface area contributed by atoms with Crippen molar-refractivity contribution in [1.82, 2.24) is 0 Å². The molecule has 24 heavy (non-hydrogen) atoms. The van der Waals surface area contributed by atoms with E-state index in [1.54, 1.807) is 0 Å². The second-order valence-electron chi connectivity index (χ2n) is 5.64. The zero-order valence-corrected chi connectivity index (χ0v) is 14.2. The molecule has 0 saturated heterocycles.